The number of nitrogens with two attached hydrogens (primary N) is 1. The first-order chi connectivity index (χ1) is 8.85. The predicted octanol–water partition coefficient (Wildman–Crippen LogP) is 1.53. The molecule has 1 aromatic heterocycles. The number of hydrogen-bond acceptors (Lipinski definition) is 4. The van der Waals surface area contributed by atoms with Crippen LogP contribution in [0, 0.1) is 0 Å². The summed E-state index contributed by atoms with van der Waals surface area (Å²) in [5.41, 5.74) is 4.87. The molecule has 0 saturated heterocycles. The second-order valence-corrected chi connectivity index (χ2v) is 6.33. The van der Waals surface area contributed by atoms with Gasteiger partial charge in [0, 0.05) is 31.2 Å². The molecule has 1 atom stereocenters. The second-order valence-electron chi connectivity index (χ2n) is 5.27. The van der Waals surface area contributed by atoms with Crippen LogP contribution in [0.4, 0.5) is 0 Å². The summed E-state index contributed by atoms with van der Waals surface area (Å²) in [6.45, 7) is 5.91. The van der Waals surface area contributed by atoms with Gasteiger partial charge in [0.1, 0.15) is 0 Å². The van der Waals surface area contributed by atoms with E-state index >= 15 is 0 Å². The summed E-state index contributed by atoms with van der Waals surface area (Å²) < 4.78 is 1.99. The highest BCUT2D eigenvalue weighted by Gasteiger charge is 2.30. The van der Waals surface area contributed by atoms with E-state index in [1.165, 1.54) is 0 Å². The Bertz CT molecular complexity index is 419. The van der Waals surface area contributed by atoms with E-state index in [2.05, 4.69) is 10.3 Å². The summed E-state index contributed by atoms with van der Waals surface area (Å²) in [6, 6.07) is 0.236. The molecule has 0 spiro atoms. The topological polar surface area (TPSA) is 72.9 Å². The summed E-state index contributed by atoms with van der Waals surface area (Å²) in [5, 5.41) is 4.25. The van der Waals surface area contributed by atoms with Crippen molar-refractivity contribution in [1.82, 2.24) is 14.9 Å². The number of rotatable bonds is 8. The lowest BCUT2D eigenvalue weighted by molar-refractivity contribution is -0.124. The average molecular weight is 284 g/mol. The normalized spacial score (nSPS) is 14.6. The Balaban J connectivity index is 2.41. The lowest BCUT2D eigenvalue weighted by atomic mass is 9.94. The van der Waals surface area contributed by atoms with Gasteiger partial charge in [0.2, 0.25) is 5.91 Å². The molecule has 1 aromatic rings. The summed E-state index contributed by atoms with van der Waals surface area (Å²) >= 11 is 1.70. The van der Waals surface area contributed by atoms with Gasteiger partial charge >= 0.3 is 0 Å². The summed E-state index contributed by atoms with van der Waals surface area (Å²) in [5.74, 6) is 0.635. The van der Waals surface area contributed by atoms with Gasteiger partial charge in [-0.3, -0.25) is 4.79 Å². The van der Waals surface area contributed by atoms with Crippen molar-refractivity contribution < 1.29 is 4.79 Å². The van der Waals surface area contributed by atoms with Crippen LogP contribution in [-0.2, 0) is 11.8 Å². The van der Waals surface area contributed by atoms with E-state index in [1.54, 1.807) is 18.0 Å². The maximum atomic E-state index is 11.6. The molecule has 0 aliphatic heterocycles. The van der Waals surface area contributed by atoms with Crippen LogP contribution in [0.1, 0.15) is 33.6 Å². The molecule has 0 radical (unpaired) electrons. The molecule has 1 heterocycles. The van der Waals surface area contributed by atoms with Crippen LogP contribution in [0.3, 0.4) is 0 Å². The minimum absolute atomic E-state index is 0.236. The summed E-state index contributed by atoms with van der Waals surface area (Å²) in [6.07, 6.45) is 5.36. The van der Waals surface area contributed by atoms with Gasteiger partial charge in [-0.1, -0.05) is 11.8 Å². The highest BCUT2D eigenvalue weighted by atomic mass is 32.2. The van der Waals surface area contributed by atoms with E-state index in [1.807, 2.05) is 38.6 Å². The van der Waals surface area contributed by atoms with Crippen LogP contribution in [0.5, 0.6) is 0 Å². The van der Waals surface area contributed by atoms with Crippen LogP contribution in [0.25, 0.3) is 0 Å². The number of thioether (sulfide) groups is 1. The van der Waals surface area contributed by atoms with E-state index in [9.17, 15) is 4.79 Å². The quantitative estimate of drug-likeness (QED) is 0.561. The number of carbonyl (C=O) groups is 1. The maximum Gasteiger partial charge on any atom is 0.237 e. The van der Waals surface area contributed by atoms with Gasteiger partial charge in [0.25, 0.3) is 0 Å². The smallest absolute Gasteiger partial charge is 0.237 e. The fourth-order valence-electron chi connectivity index (χ4n) is 1.98. The van der Waals surface area contributed by atoms with Crippen molar-refractivity contribution in [2.75, 3.05) is 5.75 Å². The van der Waals surface area contributed by atoms with Gasteiger partial charge in [0.05, 0.1) is 5.54 Å². The monoisotopic (exact) mass is 284 g/mol. The molecule has 0 fully saturated rings. The highest BCUT2D eigenvalue weighted by molar-refractivity contribution is 7.99. The van der Waals surface area contributed by atoms with Crippen LogP contribution in [-0.4, -0.2) is 32.8 Å². The van der Waals surface area contributed by atoms with Crippen LogP contribution in [0.15, 0.2) is 17.6 Å². The SMILES string of the molecule is CC(C)NC(C)(CCCSc1nccn1C)C(N)=O. The van der Waals surface area contributed by atoms with Gasteiger partial charge in [-0.25, -0.2) is 4.98 Å². The molecule has 0 aliphatic rings. The zero-order valence-electron chi connectivity index (χ0n) is 12.1. The minimum atomic E-state index is -0.629. The molecule has 3 N–H and O–H groups in total. The van der Waals surface area contributed by atoms with Gasteiger partial charge in [-0.2, -0.15) is 0 Å². The number of aryl methyl sites for hydroxylation is 1. The van der Waals surface area contributed by atoms with Crippen LogP contribution >= 0.6 is 11.8 Å². The predicted molar refractivity (Wildman–Crippen MR) is 79.0 cm³/mol. The molecule has 6 heteroatoms. The molecular formula is C13H24N4OS. The fourth-order valence-corrected chi connectivity index (χ4v) is 2.85. The number of amides is 1. The van der Waals surface area contributed by atoms with Crippen molar-refractivity contribution >= 4 is 17.7 Å². The second kappa shape index (κ2) is 6.96. The van der Waals surface area contributed by atoms with Crippen molar-refractivity contribution in [2.24, 2.45) is 12.8 Å². The molecule has 1 amide bonds. The molecule has 19 heavy (non-hydrogen) atoms. The molecule has 0 aromatic carbocycles. The van der Waals surface area contributed by atoms with Crippen molar-refractivity contribution in [3.63, 3.8) is 0 Å². The maximum absolute atomic E-state index is 11.6. The van der Waals surface area contributed by atoms with E-state index < -0.39 is 5.54 Å². The summed E-state index contributed by atoms with van der Waals surface area (Å²) in [7, 11) is 1.98. The number of aromatic nitrogens is 2. The lowest BCUT2D eigenvalue weighted by Crippen LogP contribution is -2.55. The molecule has 0 bridgehead atoms. The first-order valence-corrected chi connectivity index (χ1v) is 7.51. The largest absolute Gasteiger partial charge is 0.368 e. The van der Waals surface area contributed by atoms with Crippen molar-refractivity contribution in [3.8, 4) is 0 Å². The third kappa shape index (κ3) is 4.87. The first kappa shape index (κ1) is 16.0. The molecule has 1 unspecified atom stereocenters. The number of carbonyl (C=O) groups excluding carboxylic acids is 1. The molecule has 1 rings (SSSR count). The third-order valence-corrected chi connectivity index (χ3v) is 4.12. The Morgan fingerprint density at radius 1 is 1.63 bits per heavy atom. The Morgan fingerprint density at radius 2 is 2.32 bits per heavy atom. The van der Waals surface area contributed by atoms with Crippen molar-refractivity contribution in [3.05, 3.63) is 12.4 Å². The Kier molecular flexibility index (Phi) is 5.87. The molecule has 0 saturated carbocycles. The Labute approximate surface area is 119 Å². The van der Waals surface area contributed by atoms with Gasteiger partial charge in [-0.05, 0) is 33.6 Å². The highest BCUT2D eigenvalue weighted by Crippen LogP contribution is 2.20. The zero-order chi connectivity index (χ0) is 14.5. The molecular weight excluding hydrogens is 260 g/mol. The Hall–Kier alpha value is -1.01. The van der Waals surface area contributed by atoms with Gasteiger partial charge in [0.15, 0.2) is 5.16 Å². The van der Waals surface area contributed by atoms with Crippen molar-refractivity contribution in [1.29, 1.82) is 0 Å². The minimum Gasteiger partial charge on any atom is -0.368 e. The van der Waals surface area contributed by atoms with E-state index in [0.29, 0.717) is 0 Å². The fraction of sp³-hybridized carbons (Fsp3) is 0.692. The number of nitrogens with one attached hydrogen (secondary N) is 1. The molecule has 108 valence electrons. The van der Waals surface area contributed by atoms with E-state index in [0.717, 1.165) is 23.8 Å². The number of imidazole rings is 1. The third-order valence-electron chi connectivity index (χ3n) is 2.98. The van der Waals surface area contributed by atoms with E-state index in [4.69, 9.17) is 5.73 Å². The van der Waals surface area contributed by atoms with Gasteiger partial charge < -0.3 is 15.6 Å². The number of hydrogen-bond donors (Lipinski definition) is 2. The lowest BCUT2D eigenvalue weighted by Gasteiger charge is -2.29. The number of nitrogens with zero attached hydrogens (tertiary/aromatic N) is 2. The standard InChI is InChI=1S/C13H24N4OS/c1-10(2)16-13(3,11(14)18)6-5-9-19-12-15-7-8-17(12)4/h7-8,10,16H,5-6,9H2,1-4H3,(H2,14,18). The van der Waals surface area contributed by atoms with Crippen molar-refractivity contribution in [2.45, 2.75) is 50.4 Å². The zero-order valence-corrected chi connectivity index (χ0v) is 13.0. The first-order valence-electron chi connectivity index (χ1n) is 6.53. The summed E-state index contributed by atoms with van der Waals surface area (Å²) in [4.78, 5) is 15.8. The Morgan fingerprint density at radius 3 is 2.79 bits per heavy atom. The van der Waals surface area contributed by atoms with Crippen LogP contribution in [0.2, 0.25) is 0 Å². The average Bonchev–Trinajstić information content (AvgIpc) is 2.69. The van der Waals surface area contributed by atoms with E-state index in [-0.39, 0.29) is 11.9 Å². The number of primary amides is 1. The molecule has 0 aliphatic carbocycles. The molecule has 5 nitrogen and oxygen atoms in total. The van der Waals surface area contributed by atoms with Crippen LogP contribution < -0.4 is 11.1 Å². The van der Waals surface area contributed by atoms with Gasteiger partial charge in [-0.15, -0.1) is 0 Å².